The molecule has 11 heavy (non-hydrogen) atoms. The monoisotopic (exact) mass is 168 g/mol. The number of aromatic nitrogens is 2. The number of thioether (sulfide) groups is 1. The zero-order valence-electron chi connectivity index (χ0n) is 6.15. The molecule has 0 aliphatic heterocycles. The van der Waals surface area contributed by atoms with Gasteiger partial charge >= 0.3 is 6.01 Å². The van der Waals surface area contributed by atoms with E-state index in [4.69, 9.17) is 4.74 Å². The molecule has 0 saturated carbocycles. The average molecular weight is 168 g/mol. The van der Waals surface area contributed by atoms with E-state index in [-0.39, 0.29) is 0 Å². The molecule has 4 heteroatoms. The Kier molecular flexibility index (Phi) is 2.92. The van der Waals surface area contributed by atoms with Crippen LogP contribution in [0.1, 0.15) is 0 Å². The molecule has 0 N–H and O–H groups in total. The SMILES string of the molecule is C=COc1nccc(SC)n1. The van der Waals surface area contributed by atoms with Gasteiger partial charge in [0.2, 0.25) is 0 Å². The highest BCUT2D eigenvalue weighted by atomic mass is 32.2. The molecule has 0 spiro atoms. The van der Waals surface area contributed by atoms with Crippen LogP contribution >= 0.6 is 11.8 Å². The molecule has 0 aliphatic carbocycles. The fourth-order valence-corrected chi connectivity index (χ4v) is 0.937. The minimum atomic E-state index is 0.340. The third kappa shape index (κ3) is 2.23. The summed E-state index contributed by atoms with van der Waals surface area (Å²) in [5, 5.41) is 0.886. The molecule has 0 saturated heterocycles. The van der Waals surface area contributed by atoms with Crippen LogP contribution in [0.5, 0.6) is 6.01 Å². The number of nitrogens with zero attached hydrogens (tertiary/aromatic N) is 2. The van der Waals surface area contributed by atoms with Crippen LogP contribution in [-0.4, -0.2) is 16.2 Å². The van der Waals surface area contributed by atoms with Gasteiger partial charge in [0.05, 0.1) is 6.26 Å². The van der Waals surface area contributed by atoms with Crippen molar-refractivity contribution < 1.29 is 4.74 Å². The van der Waals surface area contributed by atoms with E-state index < -0.39 is 0 Å². The Bertz CT molecular complexity index is 252. The van der Waals surface area contributed by atoms with Crippen LogP contribution in [-0.2, 0) is 0 Å². The van der Waals surface area contributed by atoms with Crippen molar-refractivity contribution in [2.24, 2.45) is 0 Å². The van der Waals surface area contributed by atoms with Gasteiger partial charge < -0.3 is 4.74 Å². The van der Waals surface area contributed by atoms with E-state index in [9.17, 15) is 0 Å². The van der Waals surface area contributed by atoms with Gasteiger partial charge in [-0.05, 0) is 12.3 Å². The van der Waals surface area contributed by atoms with E-state index >= 15 is 0 Å². The van der Waals surface area contributed by atoms with E-state index in [1.54, 1.807) is 18.0 Å². The van der Waals surface area contributed by atoms with Crippen LogP contribution < -0.4 is 4.74 Å². The van der Waals surface area contributed by atoms with Crippen molar-refractivity contribution in [1.29, 1.82) is 0 Å². The summed E-state index contributed by atoms with van der Waals surface area (Å²) in [4.78, 5) is 7.90. The summed E-state index contributed by atoms with van der Waals surface area (Å²) >= 11 is 1.54. The van der Waals surface area contributed by atoms with Gasteiger partial charge in [-0.2, -0.15) is 4.98 Å². The van der Waals surface area contributed by atoms with Crippen molar-refractivity contribution in [3.05, 3.63) is 25.1 Å². The largest absolute Gasteiger partial charge is 0.433 e. The standard InChI is InChI=1S/C7H8N2OS/c1-3-10-7-8-5-4-6(9-7)11-2/h3-5H,1H2,2H3. The molecule has 0 unspecified atom stereocenters. The predicted octanol–water partition coefficient (Wildman–Crippen LogP) is 1.72. The maximum atomic E-state index is 4.88. The van der Waals surface area contributed by atoms with E-state index in [1.165, 1.54) is 6.26 Å². The van der Waals surface area contributed by atoms with Crippen LogP contribution in [0.15, 0.2) is 30.1 Å². The van der Waals surface area contributed by atoms with E-state index in [2.05, 4.69) is 16.5 Å². The molecular weight excluding hydrogens is 160 g/mol. The lowest BCUT2D eigenvalue weighted by molar-refractivity contribution is 0.437. The van der Waals surface area contributed by atoms with Crippen molar-refractivity contribution in [3.63, 3.8) is 0 Å². The van der Waals surface area contributed by atoms with Crippen molar-refractivity contribution in [2.75, 3.05) is 6.26 Å². The summed E-state index contributed by atoms with van der Waals surface area (Å²) in [5.74, 6) is 0. The maximum Gasteiger partial charge on any atom is 0.322 e. The van der Waals surface area contributed by atoms with Gasteiger partial charge in [-0.25, -0.2) is 4.98 Å². The average Bonchev–Trinajstić information content (AvgIpc) is 2.06. The Labute approximate surface area is 69.5 Å². The van der Waals surface area contributed by atoms with Gasteiger partial charge in [-0.1, -0.05) is 6.58 Å². The van der Waals surface area contributed by atoms with Crippen LogP contribution in [0.2, 0.25) is 0 Å². The normalized spacial score (nSPS) is 9.18. The molecule has 3 nitrogen and oxygen atoms in total. The molecule has 0 bridgehead atoms. The second-order valence-corrected chi connectivity index (χ2v) is 2.49. The number of ether oxygens (including phenoxy) is 1. The lowest BCUT2D eigenvalue weighted by Gasteiger charge is -1.97. The fourth-order valence-electron chi connectivity index (χ4n) is 0.570. The van der Waals surface area contributed by atoms with E-state index in [0.29, 0.717) is 6.01 Å². The Morgan fingerprint density at radius 1 is 1.73 bits per heavy atom. The molecule has 0 fully saturated rings. The lowest BCUT2D eigenvalue weighted by Crippen LogP contribution is -1.90. The third-order valence-electron chi connectivity index (χ3n) is 1.01. The molecule has 1 heterocycles. The maximum absolute atomic E-state index is 4.88. The van der Waals surface area contributed by atoms with Gasteiger partial charge in [0, 0.05) is 6.20 Å². The quantitative estimate of drug-likeness (QED) is 0.391. The first-order chi connectivity index (χ1) is 5.36. The molecule has 0 aliphatic rings. The molecule has 0 radical (unpaired) electrons. The predicted molar refractivity (Wildman–Crippen MR) is 44.6 cm³/mol. The molecule has 1 aromatic rings. The number of hydrogen-bond acceptors (Lipinski definition) is 4. The van der Waals surface area contributed by atoms with E-state index in [1.807, 2.05) is 12.3 Å². The molecule has 0 aromatic carbocycles. The van der Waals surface area contributed by atoms with Gasteiger partial charge in [-0.3, -0.25) is 0 Å². The molecule has 0 atom stereocenters. The summed E-state index contributed by atoms with van der Waals surface area (Å²) in [7, 11) is 0. The lowest BCUT2D eigenvalue weighted by atomic mass is 10.7. The number of rotatable bonds is 3. The Morgan fingerprint density at radius 3 is 3.18 bits per heavy atom. The first-order valence-electron chi connectivity index (χ1n) is 3.01. The van der Waals surface area contributed by atoms with Crippen molar-refractivity contribution in [2.45, 2.75) is 5.03 Å². The molecular formula is C7H8N2OS. The first-order valence-corrected chi connectivity index (χ1v) is 4.24. The number of hydrogen-bond donors (Lipinski definition) is 0. The zero-order chi connectivity index (χ0) is 8.10. The summed E-state index contributed by atoms with van der Waals surface area (Å²) in [6.45, 7) is 3.40. The Hall–Kier alpha value is -1.03. The molecule has 1 aromatic heterocycles. The topological polar surface area (TPSA) is 35.0 Å². The minimum Gasteiger partial charge on any atom is -0.433 e. The van der Waals surface area contributed by atoms with Crippen LogP contribution in [0.4, 0.5) is 0 Å². The highest BCUT2D eigenvalue weighted by Gasteiger charge is 1.95. The highest BCUT2D eigenvalue weighted by molar-refractivity contribution is 7.98. The second kappa shape index (κ2) is 3.98. The summed E-state index contributed by atoms with van der Waals surface area (Å²) in [6, 6.07) is 2.16. The first kappa shape index (κ1) is 8.07. The summed E-state index contributed by atoms with van der Waals surface area (Å²) in [6.07, 6.45) is 4.90. The molecule has 58 valence electrons. The van der Waals surface area contributed by atoms with Crippen LogP contribution in [0, 0.1) is 0 Å². The molecule has 0 amide bonds. The third-order valence-corrected chi connectivity index (χ3v) is 1.65. The van der Waals surface area contributed by atoms with E-state index in [0.717, 1.165) is 5.03 Å². The Balaban J connectivity index is 2.82. The Morgan fingerprint density at radius 2 is 2.55 bits per heavy atom. The fraction of sp³-hybridized carbons (Fsp3) is 0.143. The second-order valence-electron chi connectivity index (χ2n) is 1.67. The van der Waals surface area contributed by atoms with Crippen LogP contribution in [0.3, 0.4) is 0 Å². The van der Waals surface area contributed by atoms with Gasteiger partial charge in [0.25, 0.3) is 0 Å². The van der Waals surface area contributed by atoms with Crippen molar-refractivity contribution in [3.8, 4) is 6.01 Å². The van der Waals surface area contributed by atoms with Gasteiger partial charge in [-0.15, -0.1) is 11.8 Å². The summed E-state index contributed by atoms with van der Waals surface area (Å²) < 4.78 is 4.88. The van der Waals surface area contributed by atoms with Gasteiger partial charge in [0.1, 0.15) is 5.03 Å². The van der Waals surface area contributed by atoms with Crippen LogP contribution in [0.25, 0.3) is 0 Å². The zero-order valence-corrected chi connectivity index (χ0v) is 6.97. The smallest absolute Gasteiger partial charge is 0.322 e. The minimum absolute atomic E-state index is 0.340. The van der Waals surface area contributed by atoms with Crippen molar-refractivity contribution >= 4 is 11.8 Å². The van der Waals surface area contributed by atoms with Gasteiger partial charge in [0.15, 0.2) is 0 Å². The van der Waals surface area contributed by atoms with Crippen molar-refractivity contribution in [1.82, 2.24) is 9.97 Å². The highest BCUT2D eigenvalue weighted by Crippen LogP contribution is 2.12. The molecule has 1 rings (SSSR count). The summed E-state index contributed by atoms with van der Waals surface area (Å²) in [5.41, 5.74) is 0.